The lowest BCUT2D eigenvalue weighted by Crippen LogP contribution is -2.13. The van der Waals surface area contributed by atoms with Gasteiger partial charge in [0.1, 0.15) is 10.7 Å². The van der Waals surface area contributed by atoms with Crippen molar-refractivity contribution in [3.63, 3.8) is 0 Å². The van der Waals surface area contributed by atoms with Crippen LogP contribution in [0.3, 0.4) is 0 Å². The summed E-state index contributed by atoms with van der Waals surface area (Å²) in [7, 11) is -3.69. The van der Waals surface area contributed by atoms with Crippen LogP contribution in [0.2, 0.25) is 0 Å². The molecule has 0 spiro atoms. The third kappa shape index (κ3) is 2.66. The van der Waals surface area contributed by atoms with E-state index in [1.54, 1.807) is 12.1 Å². The Morgan fingerprint density at radius 3 is 2.48 bits per heavy atom. The molecule has 0 saturated carbocycles. The fraction of sp³-hybridized carbons (Fsp3) is 0. The second kappa shape index (κ2) is 5.06. The molecule has 0 bridgehead atoms. The summed E-state index contributed by atoms with van der Waals surface area (Å²) in [6, 6.07) is 15.9. The number of nitrogen functional groups attached to an aromatic ring is 1. The maximum absolute atomic E-state index is 12.4. The highest BCUT2D eigenvalue weighted by molar-refractivity contribution is 7.92. The number of sulfonamides is 1. The Labute approximate surface area is 122 Å². The molecule has 3 aromatic rings. The van der Waals surface area contributed by atoms with Crippen LogP contribution in [0.15, 0.2) is 65.7 Å². The average Bonchev–Trinajstić information content (AvgIpc) is 2.48. The van der Waals surface area contributed by atoms with Gasteiger partial charge in [0.25, 0.3) is 10.0 Å². The maximum atomic E-state index is 12.4. The molecule has 3 N–H and O–H groups in total. The van der Waals surface area contributed by atoms with Gasteiger partial charge in [-0.05, 0) is 23.6 Å². The first-order valence-electron chi connectivity index (χ1n) is 6.28. The van der Waals surface area contributed by atoms with Crippen LogP contribution in [0.5, 0.6) is 0 Å². The number of rotatable bonds is 3. The first-order valence-corrected chi connectivity index (χ1v) is 7.77. The monoisotopic (exact) mass is 299 g/mol. The second-order valence-corrected chi connectivity index (χ2v) is 6.23. The van der Waals surface area contributed by atoms with Gasteiger partial charge in [-0.3, -0.25) is 4.72 Å². The van der Waals surface area contributed by atoms with E-state index in [0.717, 1.165) is 10.8 Å². The van der Waals surface area contributed by atoms with Crippen LogP contribution in [0, 0.1) is 0 Å². The molecule has 0 aliphatic carbocycles. The van der Waals surface area contributed by atoms with E-state index in [9.17, 15) is 8.42 Å². The topological polar surface area (TPSA) is 85.1 Å². The minimum absolute atomic E-state index is 0.0737. The number of fused-ring (bicyclic) bond motifs is 1. The van der Waals surface area contributed by atoms with E-state index in [-0.39, 0.29) is 10.7 Å². The summed E-state index contributed by atoms with van der Waals surface area (Å²) in [6.07, 6.45) is 1.24. The number of hydrogen-bond donors (Lipinski definition) is 2. The number of pyridine rings is 1. The predicted octanol–water partition coefficient (Wildman–Crippen LogP) is 2.62. The molecule has 0 aliphatic heterocycles. The van der Waals surface area contributed by atoms with Gasteiger partial charge in [0.15, 0.2) is 0 Å². The first kappa shape index (κ1) is 13.4. The van der Waals surface area contributed by atoms with Gasteiger partial charge in [-0.1, -0.05) is 36.4 Å². The van der Waals surface area contributed by atoms with Crippen LogP contribution in [-0.2, 0) is 10.0 Å². The van der Waals surface area contributed by atoms with E-state index in [1.165, 1.54) is 18.3 Å². The van der Waals surface area contributed by atoms with Gasteiger partial charge in [0, 0.05) is 11.6 Å². The van der Waals surface area contributed by atoms with Crippen molar-refractivity contribution < 1.29 is 8.42 Å². The Balaban J connectivity index is 2.03. The lowest BCUT2D eigenvalue weighted by Gasteiger charge is -2.10. The number of nitrogens with one attached hydrogen (secondary N) is 1. The molecule has 1 aromatic heterocycles. The summed E-state index contributed by atoms with van der Waals surface area (Å²) in [4.78, 5) is 3.88. The lowest BCUT2D eigenvalue weighted by molar-refractivity contribution is 0.601. The molecule has 5 nitrogen and oxygen atoms in total. The summed E-state index contributed by atoms with van der Waals surface area (Å²) in [6.45, 7) is 0. The molecule has 0 radical (unpaired) electrons. The van der Waals surface area contributed by atoms with Crippen LogP contribution in [0.1, 0.15) is 0 Å². The molecule has 2 aromatic carbocycles. The fourth-order valence-corrected chi connectivity index (χ4v) is 3.09. The number of nitrogens with zero attached hydrogens (tertiary/aromatic N) is 1. The van der Waals surface area contributed by atoms with E-state index in [1.807, 2.05) is 30.3 Å². The van der Waals surface area contributed by atoms with Crippen molar-refractivity contribution in [2.75, 3.05) is 10.5 Å². The third-order valence-electron chi connectivity index (χ3n) is 3.10. The molecule has 0 fully saturated rings. The Kier molecular flexibility index (Phi) is 3.23. The van der Waals surface area contributed by atoms with Crippen molar-refractivity contribution in [1.82, 2.24) is 4.98 Å². The lowest BCUT2D eigenvalue weighted by atomic mass is 10.1. The van der Waals surface area contributed by atoms with Crippen LogP contribution < -0.4 is 10.5 Å². The summed E-state index contributed by atoms with van der Waals surface area (Å²) < 4.78 is 27.3. The molecule has 0 amide bonds. The van der Waals surface area contributed by atoms with Gasteiger partial charge in [0.2, 0.25) is 0 Å². The number of anilines is 2. The molecule has 106 valence electrons. The molecule has 21 heavy (non-hydrogen) atoms. The van der Waals surface area contributed by atoms with Gasteiger partial charge in [-0.15, -0.1) is 0 Å². The van der Waals surface area contributed by atoms with E-state index in [4.69, 9.17) is 5.73 Å². The van der Waals surface area contributed by atoms with Crippen LogP contribution >= 0.6 is 0 Å². The zero-order valence-corrected chi connectivity index (χ0v) is 11.8. The zero-order chi connectivity index (χ0) is 14.9. The average molecular weight is 299 g/mol. The SMILES string of the molecule is Nc1ccc(S(=O)(=O)Nc2cccc3ccccc23)cn1. The summed E-state index contributed by atoms with van der Waals surface area (Å²) in [5.41, 5.74) is 6.00. The Morgan fingerprint density at radius 1 is 0.952 bits per heavy atom. The van der Waals surface area contributed by atoms with Gasteiger partial charge in [-0.25, -0.2) is 13.4 Å². The molecule has 0 saturated heterocycles. The molecule has 0 unspecified atom stereocenters. The molecule has 1 heterocycles. The highest BCUT2D eigenvalue weighted by Gasteiger charge is 2.15. The standard InChI is InChI=1S/C15H13N3O2S/c16-15-9-8-12(10-17-15)21(19,20)18-14-7-3-5-11-4-1-2-6-13(11)14/h1-10,18H,(H2,16,17). The van der Waals surface area contributed by atoms with Crippen molar-refractivity contribution in [2.45, 2.75) is 4.90 Å². The second-order valence-electron chi connectivity index (χ2n) is 4.55. The molecule has 0 aliphatic rings. The number of aromatic nitrogens is 1. The number of hydrogen-bond acceptors (Lipinski definition) is 4. The maximum Gasteiger partial charge on any atom is 0.263 e. The first-order chi connectivity index (χ1) is 10.1. The predicted molar refractivity (Wildman–Crippen MR) is 83.4 cm³/mol. The Morgan fingerprint density at radius 2 is 1.71 bits per heavy atom. The highest BCUT2D eigenvalue weighted by atomic mass is 32.2. The minimum atomic E-state index is -3.69. The van der Waals surface area contributed by atoms with E-state index in [2.05, 4.69) is 9.71 Å². The van der Waals surface area contributed by atoms with Gasteiger partial charge in [-0.2, -0.15) is 0 Å². The fourth-order valence-electron chi connectivity index (χ4n) is 2.07. The van der Waals surface area contributed by atoms with Crippen molar-refractivity contribution in [2.24, 2.45) is 0 Å². The molecular formula is C15H13N3O2S. The highest BCUT2D eigenvalue weighted by Crippen LogP contribution is 2.25. The quantitative estimate of drug-likeness (QED) is 0.778. The van der Waals surface area contributed by atoms with Crippen molar-refractivity contribution in [3.05, 3.63) is 60.8 Å². The number of benzene rings is 2. The molecular weight excluding hydrogens is 286 g/mol. The molecule has 6 heteroatoms. The Bertz CT molecular complexity index is 885. The van der Waals surface area contributed by atoms with Crippen LogP contribution in [0.4, 0.5) is 11.5 Å². The molecule has 0 atom stereocenters. The van der Waals surface area contributed by atoms with Crippen LogP contribution in [-0.4, -0.2) is 13.4 Å². The normalized spacial score (nSPS) is 11.4. The van der Waals surface area contributed by atoms with Gasteiger partial charge < -0.3 is 5.73 Å². The largest absolute Gasteiger partial charge is 0.384 e. The van der Waals surface area contributed by atoms with Crippen molar-refractivity contribution >= 4 is 32.3 Å². The Hall–Kier alpha value is -2.60. The third-order valence-corrected chi connectivity index (χ3v) is 4.45. The van der Waals surface area contributed by atoms with Crippen molar-refractivity contribution in [1.29, 1.82) is 0 Å². The van der Waals surface area contributed by atoms with E-state index >= 15 is 0 Å². The zero-order valence-electron chi connectivity index (χ0n) is 11.0. The van der Waals surface area contributed by atoms with E-state index < -0.39 is 10.0 Å². The summed E-state index contributed by atoms with van der Waals surface area (Å²) >= 11 is 0. The van der Waals surface area contributed by atoms with Gasteiger partial charge in [0.05, 0.1) is 5.69 Å². The molecule has 3 rings (SSSR count). The van der Waals surface area contributed by atoms with Gasteiger partial charge >= 0.3 is 0 Å². The van der Waals surface area contributed by atoms with E-state index in [0.29, 0.717) is 5.69 Å². The summed E-state index contributed by atoms with van der Waals surface area (Å²) in [5, 5.41) is 1.81. The van der Waals surface area contributed by atoms with Crippen LogP contribution in [0.25, 0.3) is 10.8 Å². The smallest absolute Gasteiger partial charge is 0.263 e. The summed E-state index contributed by atoms with van der Waals surface area (Å²) in [5.74, 6) is 0.277. The number of nitrogens with two attached hydrogens (primary N) is 1. The van der Waals surface area contributed by atoms with Crippen molar-refractivity contribution in [3.8, 4) is 0 Å². The minimum Gasteiger partial charge on any atom is -0.384 e.